The van der Waals surface area contributed by atoms with Crippen molar-refractivity contribution in [2.24, 2.45) is 14.1 Å². The number of carbonyl (C=O) groups excluding carboxylic acids is 1. The number of carbonyl (C=O) groups is 1. The number of anilines is 1. The molecule has 0 spiro atoms. The summed E-state index contributed by atoms with van der Waals surface area (Å²) in [6.07, 6.45) is 10.9. The number of hydrogen-bond donors (Lipinski definition) is 1. The molecule has 0 atom stereocenters. The SMILES string of the molecule is Cn1cc(/C=C/C(=O)NCc2ccc(N3CCCCCC3)nc2)c(=O)n(C)c1=O. The molecule has 0 unspecified atom stereocenters. The fraction of sp³-hybridized carbons (Fsp3) is 0.429. The van der Waals surface area contributed by atoms with Crippen LogP contribution in [0.5, 0.6) is 0 Å². The molecule has 8 nitrogen and oxygen atoms in total. The van der Waals surface area contributed by atoms with Crippen LogP contribution in [-0.2, 0) is 25.4 Å². The molecule has 3 heterocycles. The molecular weight excluding hydrogens is 370 g/mol. The van der Waals surface area contributed by atoms with Gasteiger partial charge >= 0.3 is 5.69 Å². The van der Waals surface area contributed by atoms with Crippen LogP contribution in [0.15, 0.2) is 40.2 Å². The summed E-state index contributed by atoms with van der Waals surface area (Å²) in [6, 6.07) is 3.97. The van der Waals surface area contributed by atoms with Crippen molar-refractivity contribution in [1.82, 2.24) is 19.4 Å². The lowest BCUT2D eigenvalue weighted by Crippen LogP contribution is -2.37. The normalized spacial score (nSPS) is 14.8. The van der Waals surface area contributed by atoms with Crippen LogP contribution in [0, 0.1) is 0 Å². The third-order valence-electron chi connectivity index (χ3n) is 5.09. The smallest absolute Gasteiger partial charge is 0.330 e. The summed E-state index contributed by atoms with van der Waals surface area (Å²) in [5.41, 5.74) is 0.328. The van der Waals surface area contributed by atoms with Crippen LogP contribution in [0.1, 0.15) is 36.8 Å². The average molecular weight is 397 g/mol. The van der Waals surface area contributed by atoms with Gasteiger partial charge in [0.2, 0.25) is 5.91 Å². The molecule has 1 aliphatic rings. The molecule has 1 saturated heterocycles. The van der Waals surface area contributed by atoms with E-state index in [0.29, 0.717) is 6.54 Å². The predicted molar refractivity (Wildman–Crippen MR) is 113 cm³/mol. The summed E-state index contributed by atoms with van der Waals surface area (Å²) in [4.78, 5) is 42.7. The zero-order valence-electron chi connectivity index (χ0n) is 16.9. The van der Waals surface area contributed by atoms with Gasteiger partial charge in [-0.2, -0.15) is 0 Å². The number of pyridine rings is 1. The van der Waals surface area contributed by atoms with Crippen molar-refractivity contribution in [3.63, 3.8) is 0 Å². The first-order valence-corrected chi connectivity index (χ1v) is 9.88. The Morgan fingerprint density at radius 2 is 1.86 bits per heavy atom. The molecule has 2 aromatic heterocycles. The quantitative estimate of drug-likeness (QED) is 0.766. The summed E-state index contributed by atoms with van der Waals surface area (Å²) < 4.78 is 2.31. The van der Waals surface area contributed by atoms with E-state index in [2.05, 4.69) is 15.2 Å². The van der Waals surface area contributed by atoms with Gasteiger partial charge in [-0.15, -0.1) is 0 Å². The highest BCUT2D eigenvalue weighted by Crippen LogP contribution is 2.17. The van der Waals surface area contributed by atoms with E-state index in [1.165, 1.54) is 55.6 Å². The summed E-state index contributed by atoms with van der Waals surface area (Å²) in [7, 11) is 2.96. The molecule has 1 N–H and O–H groups in total. The Morgan fingerprint density at radius 3 is 2.52 bits per heavy atom. The van der Waals surface area contributed by atoms with Gasteiger partial charge in [0.05, 0.1) is 5.56 Å². The molecular formula is C21H27N5O3. The first-order chi connectivity index (χ1) is 14.0. The number of rotatable bonds is 5. The summed E-state index contributed by atoms with van der Waals surface area (Å²) in [6.45, 7) is 2.43. The Labute approximate surface area is 169 Å². The second-order valence-corrected chi connectivity index (χ2v) is 7.32. The van der Waals surface area contributed by atoms with E-state index in [0.717, 1.165) is 29.0 Å². The van der Waals surface area contributed by atoms with E-state index in [4.69, 9.17) is 0 Å². The number of amides is 1. The third kappa shape index (κ3) is 5.22. The molecule has 0 aromatic carbocycles. The van der Waals surface area contributed by atoms with Crippen LogP contribution < -0.4 is 21.5 Å². The fourth-order valence-corrected chi connectivity index (χ4v) is 3.37. The third-order valence-corrected chi connectivity index (χ3v) is 5.09. The fourth-order valence-electron chi connectivity index (χ4n) is 3.37. The zero-order valence-corrected chi connectivity index (χ0v) is 16.9. The lowest BCUT2D eigenvalue weighted by atomic mass is 10.2. The minimum Gasteiger partial charge on any atom is -0.357 e. The first-order valence-electron chi connectivity index (χ1n) is 9.88. The maximum absolute atomic E-state index is 12.1. The van der Waals surface area contributed by atoms with Gasteiger partial charge in [0, 0.05) is 52.2 Å². The van der Waals surface area contributed by atoms with Crippen molar-refractivity contribution in [1.29, 1.82) is 0 Å². The Bertz CT molecular complexity index is 996. The standard InChI is InChI=1S/C21H27N5O3/c1-24-15-17(20(28)25(2)21(24)29)8-10-19(27)23-14-16-7-9-18(22-13-16)26-11-5-3-4-6-12-26/h7-10,13,15H,3-6,11-12,14H2,1-2H3,(H,23,27)/b10-8+. The minimum atomic E-state index is -0.439. The highest BCUT2D eigenvalue weighted by atomic mass is 16.2. The molecule has 2 aromatic rings. The van der Waals surface area contributed by atoms with E-state index in [1.807, 2.05) is 12.1 Å². The van der Waals surface area contributed by atoms with Crippen molar-refractivity contribution < 1.29 is 4.79 Å². The van der Waals surface area contributed by atoms with Gasteiger partial charge in [0.1, 0.15) is 5.82 Å². The summed E-state index contributed by atoms with van der Waals surface area (Å²) >= 11 is 0. The first kappa shape index (κ1) is 20.6. The van der Waals surface area contributed by atoms with Crippen molar-refractivity contribution in [2.75, 3.05) is 18.0 Å². The molecule has 8 heteroatoms. The van der Waals surface area contributed by atoms with Crippen LogP contribution >= 0.6 is 0 Å². The number of hydrogen-bond acceptors (Lipinski definition) is 5. The maximum Gasteiger partial charge on any atom is 0.330 e. The Kier molecular flexibility index (Phi) is 6.64. The lowest BCUT2D eigenvalue weighted by molar-refractivity contribution is -0.116. The molecule has 1 fully saturated rings. The van der Waals surface area contributed by atoms with Crippen LogP contribution in [0.25, 0.3) is 6.08 Å². The number of aromatic nitrogens is 3. The van der Waals surface area contributed by atoms with Gasteiger partial charge in [-0.1, -0.05) is 18.9 Å². The molecule has 1 amide bonds. The summed E-state index contributed by atoms with van der Waals surface area (Å²) in [5, 5.41) is 2.78. The van der Waals surface area contributed by atoms with Crippen molar-refractivity contribution in [3.8, 4) is 0 Å². The summed E-state index contributed by atoms with van der Waals surface area (Å²) in [5.74, 6) is 0.657. The average Bonchev–Trinajstić information content (AvgIpc) is 3.02. The molecule has 29 heavy (non-hydrogen) atoms. The van der Waals surface area contributed by atoms with Gasteiger partial charge in [0.25, 0.3) is 5.56 Å². The van der Waals surface area contributed by atoms with Gasteiger partial charge in [-0.05, 0) is 30.5 Å². The second-order valence-electron chi connectivity index (χ2n) is 7.32. The molecule has 1 aliphatic heterocycles. The van der Waals surface area contributed by atoms with Crippen LogP contribution in [-0.4, -0.2) is 33.1 Å². The number of nitrogens with zero attached hydrogens (tertiary/aromatic N) is 4. The Balaban J connectivity index is 1.57. The number of aryl methyl sites for hydroxylation is 1. The van der Waals surface area contributed by atoms with E-state index in [1.54, 1.807) is 13.2 Å². The predicted octanol–water partition coefficient (Wildman–Crippen LogP) is 1.19. The zero-order chi connectivity index (χ0) is 20.8. The lowest BCUT2D eigenvalue weighted by Gasteiger charge is -2.21. The minimum absolute atomic E-state index is 0.271. The molecule has 3 rings (SSSR count). The molecule has 0 radical (unpaired) electrons. The van der Waals surface area contributed by atoms with E-state index in [-0.39, 0.29) is 11.5 Å². The van der Waals surface area contributed by atoms with Crippen LogP contribution in [0.4, 0.5) is 5.82 Å². The van der Waals surface area contributed by atoms with E-state index < -0.39 is 11.2 Å². The van der Waals surface area contributed by atoms with Gasteiger partial charge < -0.3 is 14.8 Å². The number of nitrogens with one attached hydrogen (secondary N) is 1. The van der Waals surface area contributed by atoms with Crippen molar-refractivity contribution in [3.05, 3.63) is 62.6 Å². The largest absolute Gasteiger partial charge is 0.357 e. The van der Waals surface area contributed by atoms with Gasteiger partial charge in [0.15, 0.2) is 0 Å². The van der Waals surface area contributed by atoms with E-state index >= 15 is 0 Å². The van der Waals surface area contributed by atoms with Gasteiger partial charge in [-0.25, -0.2) is 9.78 Å². The monoisotopic (exact) mass is 397 g/mol. The molecule has 0 aliphatic carbocycles. The van der Waals surface area contributed by atoms with Crippen LogP contribution in [0.2, 0.25) is 0 Å². The molecule has 154 valence electrons. The Hall–Kier alpha value is -3.16. The second kappa shape index (κ2) is 9.36. The van der Waals surface area contributed by atoms with Gasteiger partial charge in [-0.3, -0.25) is 14.2 Å². The van der Waals surface area contributed by atoms with Crippen molar-refractivity contribution >= 4 is 17.8 Å². The Morgan fingerprint density at radius 1 is 1.14 bits per heavy atom. The maximum atomic E-state index is 12.1. The topological polar surface area (TPSA) is 89.2 Å². The highest BCUT2D eigenvalue weighted by molar-refractivity contribution is 5.91. The molecule has 0 saturated carbocycles. The van der Waals surface area contributed by atoms with E-state index in [9.17, 15) is 14.4 Å². The van der Waals surface area contributed by atoms with Crippen molar-refractivity contribution in [2.45, 2.75) is 32.2 Å². The highest BCUT2D eigenvalue weighted by Gasteiger charge is 2.11. The molecule has 0 bridgehead atoms. The van der Waals surface area contributed by atoms with Crippen LogP contribution in [0.3, 0.4) is 0 Å².